The molecule has 0 saturated carbocycles. The standard InChI is InChI=1S/C11H13N3O4/c1-2-18-11(17)9(12)14-13-8-5-3-7(4-6-8)10(15)16/h3-6,13H,2H2,1H3,(H2,12,14)(H,15,16). The number of nitrogens with two attached hydrogens (primary N) is 1. The topological polar surface area (TPSA) is 114 Å². The number of benzene rings is 1. The lowest BCUT2D eigenvalue weighted by molar-refractivity contribution is -0.135. The fourth-order valence-corrected chi connectivity index (χ4v) is 1.06. The van der Waals surface area contributed by atoms with Crippen molar-refractivity contribution in [2.24, 2.45) is 10.8 Å². The number of anilines is 1. The van der Waals surface area contributed by atoms with E-state index in [4.69, 9.17) is 10.8 Å². The van der Waals surface area contributed by atoms with Crippen molar-refractivity contribution in [3.8, 4) is 0 Å². The van der Waals surface area contributed by atoms with E-state index in [9.17, 15) is 9.59 Å². The summed E-state index contributed by atoms with van der Waals surface area (Å²) in [5.74, 6) is -2.04. The Morgan fingerprint density at radius 2 is 2.00 bits per heavy atom. The minimum absolute atomic E-state index is 0.155. The van der Waals surface area contributed by atoms with E-state index < -0.39 is 11.9 Å². The number of carboxylic acids is 1. The third-order valence-corrected chi connectivity index (χ3v) is 1.92. The van der Waals surface area contributed by atoms with E-state index in [2.05, 4.69) is 15.3 Å². The number of carbonyl (C=O) groups is 2. The molecule has 1 rings (SSSR count). The molecule has 0 radical (unpaired) electrons. The molecule has 0 heterocycles. The van der Waals surface area contributed by atoms with Crippen LogP contribution < -0.4 is 11.2 Å². The third kappa shape index (κ3) is 3.78. The summed E-state index contributed by atoms with van der Waals surface area (Å²) in [4.78, 5) is 21.7. The van der Waals surface area contributed by atoms with Crippen molar-refractivity contribution in [2.45, 2.75) is 6.92 Å². The van der Waals surface area contributed by atoms with Crippen molar-refractivity contribution >= 4 is 23.5 Å². The summed E-state index contributed by atoms with van der Waals surface area (Å²) in [6.45, 7) is 1.87. The zero-order chi connectivity index (χ0) is 13.5. The van der Waals surface area contributed by atoms with Crippen LogP contribution in [-0.2, 0) is 9.53 Å². The zero-order valence-electron chi connectivity index (χ0n) is 9.71. The van der Waals surface area contributed by atoms with E-state index in [-0.39, 0.29) is 18.0 Å². The minimum Gasteiger partial charge on any atom is -0.478 e. The monoisotopic (exact) mass is 251 g/mol. The molecule has 0 aliphatic rings. The summed E-state index contributed by atoms with van der Waals surface area (Å²) in [6, 6.07) is 5.82. The number of hydrazone groups is 1. The summed E-state index contributed by atoms with van der Waals surface area (Å²) in [7, 11) is 0. The second-order valence-corrected chi connectivity index (χ2v) is 3.21. The van der Waals surface area contributed by atoms with Gasteiger partial charge in [0.05, 0.1) is 17.9 Å². The van der Waals surface area contributed by atoms with E-state index in [1.165, 1.54) is 24.3 Å². The van der Waals surface area contributed by atoms with Crippen LogP contribution in [0.4, 0.5) is 5.69 Å². The molecule has 1 aromatic rings. The lowest BCUT2D eigenvalue weighted by Crippen LogP contribution is -2.27. The predicted octanol–water partition coefficient (Wildman–Crippen LogP) is 0.632. The minimum atomic E-state index is -1.02. The maximum atomic E-state index is 11.1. The Bertz CT molecular complexity index is 468. The van der Waals surface area contributed by atoms with Crippen LogP contribution in [0.3, 0.4) is 0 Å². The maximum Gasteiger partial charge on any atom is 0.375 e. The molecule has 4 N–H and O–H groups in total. The molecular formula is C11H13N3O4. The first kappa shape index (κ1) is 13.5. The van der Waals surface area contributed by atoms with E-state index in [1.54, 1.807) is 6.92 Å². The van der Waals surface area contributed by atoms with Gasteiger partial charge in [-0.1, -0.05) is 0 Å². The Hall–Kier alpha value is -2.57. The third-order valence-electron chi connectivity index (χ3n) is 1.92. The number of amidine groups is 1. The summed E-state index contributed by atoms with van der Waals surface area (Å²) < 4.78 is 4.63. The Balaban J connectivity index is 2.65. The normalized spacial score (nSPS) is 10.8. The van der Waals surface area contributed by atoms with Crippen LogP contribution in [0.25, 0.3) is 0 Å². The van der Waals surface area contributed by atoms with Crippen molar-refractivity contribution in [2.75, 3.05) is 12.0 Å². The molecule has 0 atom stereocenters. The first-order chi connectivity index (χ1) is 8.54. The lowest BCUT2D eigenvalue weighted by atomic mass is 10.2. The van der Waals surface area contributed by atoms with Gasteiger partial charge in [0.25, 0.3) is 0 Å². The van der Waals surface area contributed by atoms with Crippen LogP contribution in [0.15, 0.2) is 29.4 Å². The number of nitrogens with one attached hydrogen (secondary N) is 1. The van der Waals surface area contributed by atoms with Gasteiger partial charge in [0, 0.05) is 0 Å². The van der Waals surface area contributed by atoms with Crippen molar-refractivity contribution in [1.29, 1.82) is 0 Å². The number of carboxylic acid groups (broad SMARTS) is 1. The highest BCUT2D eigenvalue weighted by atomic mass is 16.5. The van der Waals surface area contributed by atoms with Gasteiger partial charge >= 0.3 is 11.9 Å². The van der Waals surface area contributed by atoms with Gasteiger partial charge in [-0.2, -0.15) is 0 Å². The molecule has 96 valence electrons. The molecule has 0 aliphatic heterocycles. The van der Waals surface area contributed by atoms with Crippen LogP contribution in [0, 0.1) is 0 Å². The van der Waals surface area contributed by atoms with Gasteiger partial charge in [0.2, 0.25) is 5.84 Å². The Morgan fingerprint density at radius 3 is 2.50 bits per heavy atom. The number of ether oxygens (including phenoxy) is 1. The van der Waals surface area contributed by atoms with Crippen LogP contribution in [0.5, 0.6) is 0 Å². The fraction of sp³-hybridized carbons (Fsp3) is 0.182. The molecule has 18 heavy (non-hydrogen) atoms. The number of carbonyl (C=O) groups excluding carboxylic acids is 1. The second kappa shape index (κ2) is 6.24. The number of aromatic carboxylic acids is 1. The SMILES string of the molecule is CCOC(=O)C(N)=NNc1ccc(C(=O)O)cc1. The van der Waals surface area contributed by atoms with Gasteiger partial charge in [-0.25, -0.2) is 9.59 Å². The average molecular weight is 251 g/mol. The van der Waals surface area contributed by atoms with E-state index in [0.29, 0.717) is 5.69 Å². The number of hydrogen-bond donors (Lipinski definition) is 3. The zero-order valence-corrected chi connectivity index (χ0v) is 9.71. The molecule has 0 saturated heterocycles. The maximum absolute atomic E-state index is 11.1. The quantitative estimate of drug-likeness (QED) is 0.313. The van der Waals surface area contributed by atoms with Crippen LogP contribution in [0.2, 0.25) is 0 Å². The molecular weight excluding hydrogens is 238 g/mol. The highest BCUT2D eigenvalue weighted by Crippen LogP contribution is 2.09. The van der Waals surface area contributed by atoms with Crippen LogP contribution in [-0.4, -0.2) is 29.5 Å². The molecule has 0 aromatic heterocycles. The molecule has 1 aromatic carbocycles. The second-order valence-electron chi connectivity index (χ2n) is 3.21. The van der Waals surface area contributed by atoms with Gasteiger partial charge in [-0.3, -0.25) is 5.43 Å². The van der Waals surface area contributed by atoms with E-state index in [1.807, 2.05) is 0 Å². The highest BCUT2D eigenvalue weighted by Gasteiger charge is 2.07. The van der Waals surface area contributed by atoms with E-state index >= 15 is 0 Å². The number of esters is 1. The van der Waals surface area contributed by atoms with Crippen LogP contribution in [0.1, 0.15) is 17.3 Å². The van der Waals surface area contributed by atoms with Gasteiger partial charge in [-0.15, -0.1) is 5.10 Å². The number of nitrogens with zero attached hydrogens (tertiary/aromatic N) is 1. The molecule has 0 unspecified atom stereocenters. The molecule has 0 fully saturated rings. The number of rotatable bonds is 4. The summed E-state index contributed by atoms with van der Waals surface area (Å²) in [5.41, 5.74) is 8.53. The summed E-state index contributed by atoms with van der Waals surface area (Å²) in [6.07, 6.45) is 0. The van der Waals surface area contributed by atoms with Crippen molar-refractivity contribution in [3.63, 3.8) is 0 Å². The lowest BCUT2D eigenvalue weighted by Gasteiger charge is -2.03. The highest BCUT2D eigenvalue weighted by molar-refractivity contribution is 6.34. The molecule has 0 spiro atoms. The van der Waals surface area contributed by atoms with Crippen molar-refractivity contribution < 1.29 is 19.4 Å². The molecule has 7 heteroatoms. The Labute approximate surface area is 103 Å². The summed E-state index contributed by atoms with van der Waals surface area (Å²) >= 11 is 0. The Kier molecular flexibility index (Phi) is 4.67. The first-order valence-electron chi connectivity index (χ1n) is 5.14. The van der Waals surface area contributed by atoms with Crippen molar-refractivity contribution in [1.82, 2.24) is 0 Å². The van der Waals surface area contributed by atoms with E-state index in [0.717, 1.165) is 0 Å². The predicted molar refractivity (Wildman–Crippen MR) is 65.3 cm³/mol. The average Bonchev–Trinajstić information content (AvgIpc) is 2.36. The molecule has 0 amide bonds. The fourth-order valence-electron chi connectivity index (χ4n) is 1.06. The molecule has 7 nitrogen and oxygen atoms in total. The smallest absolute Gasteiger partial charge is 0.375 e. The van der Waals surface area contributed by atoms with Gasteiger partial charge in [-0.05, 0) is 31.2 Å². The van der Waals surface area contributed by atoms with Crippen LogP contribution >= 0.6 is 0 Å². The largest absolute Gasteiger partial charge is 0.478 e. The molecule has 0 aliphatic carbocycles. The summed E-state index contributed by atoms with van der Waals surface area (Å²) in [5, 5.41) is 12.3. The Morgan fingerprint density at radius 1 is 1.39 bits per heavy atom. The van der Waals surface area contributed by atoms with Gasteiger partial charge < -0.3 is 15.6 Å². The first-order valence-corrected chi connectivity index (χ1v) is 5.14. The van der Waals surface area contributed by atoms with Gasteiger partial charge in [0.15, 0.2) is 0 Å². The van der Waals surface area contributed by atoms with Gasteiger partial charge in [0.1, 0.15) is 0 Å². The number of hydrogen-bond acceptors (Lipinski definition) is 5. The molecule has 0 bridgehead atoms. The van der Waals surface area contributed by atoms with Crippen molar-refractivity contribution in [3.05, 3.63) is 29.8 Å².